The molecule has 2 unspecified atom stereocenters. The van der Waals surface area contributed by atoms with Gasteiger partial charge in [-0.15, -0.1) is 0 Å². The molecule has 0 bridgehead atoms. The van der Waals surface area contributed by atoms with Crippen LogP contribution in [0.2, 0.25) is 0 Å². The lowest BCUT2D eigenvalue weighted by Crippen LogP contribution is -2.36. The molecular weight excluding hydrogens is 232 g/mol. The maximum Gasteiger partial charge on any atom is 0.117 e. The van der Waals surface area contributed by atoms with Crippen molar-refractivity contribution in [2.45, 2.75) is 37.8 Å². The van der Waals surface area contributed by atoms with Crippen LogP contribution < -0.4 is 5.32 Å². The van der Waals surface area contributed by atoms with Gasteiger partial charge < -0.3 is 10.4 Å². The van der Waals surface area contributed by atoms with E-state index in [1.165, 1.54) is 18.0 Å². The van der Waals surface area contributed by atoms with Crippen LogP contribution in [0.5, 0.6) is 0 Å². The first-order valence-corrected chi connectivity index (χ1v) is 6.91. The van der Waals surface area contributed by atoms with E-state index in [9.17, 15) is 5.11 Å². The summed E-state index contributed by atoms with van der Waals surface area (Å²) in [5.74, 6) is 0. The second-order valence-electron chi connectivity index (χ2n) is 4.63. The summed E-state index contributed by atoms with van der Waals surface area (Å²) in [5, 5.41) is 15.7. The van der Waals surface area contributed by atoms with Gasteiger partial charge in [-0.2, -0.15) is 4.37 Å². The van der Waals surface area contributed by atoms with Gasteiger partial charge in [-0.25, -0.2) is 0 Å². The predicted molar refractivity (Wildman–Crippen MR) is 71.5 cm³/mol. The quantitative estimate of drug-likeness (QED) is 0.858. The van der Waals surface area contributed by atoms with Gasteiger partial charge in [0, 0.05) is 5.39 Å². The first kappa shape index (κ1) is 11.0. The highest BCUT2D eigenvalue weighted by molar-refractivity contribution is 7.11. The predicted octanol–water partition coefficient (Wildman–Crippen LogP) is 3.01. The number of rotatable bonds is 2. The summed E-state index contributed by atoms with van der Waals surface area (Å²) in [6.07, 6.45) is 4.08. The summed E-state index contributed by atoms with van der Waals surface area (Å²) in [7, 11) is 0. The molecule has 1 aliphatic carbocycles. The normalized spacial score (nSPS) is 25.0. The van der Waals surface area contributed by atoms with Gasteiger partial charge in [-0.1, -0.05) is 25.0 Å². The molecule has 0 amide bonds. The Morgan fingerprint density at radius 1 is 1.24 bits per heavy atom. The fourth-order valence-electron chi connectivity index (χ4n) is 2.44. The van der Waals surface area contributed by atoms with Gasteiger partial charge in [0.1, 0.15) is 5.00 Å². The van der Waals surface area contributed by atoms with Gasteiger partial charge in [0.05, 0.1) is 17.7 Å². The SMILES string of the molecule is OC1CCCCC1Nc1snc2ccccc12. The third-order valence-corrected chi connectivity index (χ3v) is 4.24. The largest absolute Gasteiger partial charge is 0.391 e. The number of anilines is 1. The minimum Gasteiger partial charge on any atom is -0.391 e. The zero-order valence-electron chi connectivity index (χ0n) is 9.60. The van der Waals surface area contributed by atoms with Crippen molar-refractivity contribution in [3.05, 3.63) is 24.3 Å². The maximum atomic E-state index is 9.96. The standard InChI is InChI=1S/C13H16N2OS/c16-12-8-4-3-7-11(12)14-13-9-5-1-2-6-10(9)15-17-13/h1-2,5-6,11-12,14,16H,3-4,7-8H2. The Kier molecular flexibility index (Phi) is 2.99. The van der Waals surface area contributed by atoms with E-state index >= 15 is 0 Å². The van der Waals surface area contributed by atoms with Gasteiger partial charge in [0.2, 0.25) is 0 Å². The maximum absolute atomic E-state index is 9.96. The molecule has 1 heterocycles. The third kappa shape index (κ3) is 2.15. The summed E-state index contributed by atoms with van der Waals surface area (Å²) in [4.78, 5) is 0. The van der Waals surface area contributed by atoms with Gasteiger partial charge >= 0.3 is 0 Å². The number of aliphatic hydroxyl groups is 1. The van der Waals surface area contributed by atoms with Crippen LogP contribution in [0.1, 0.15) is 25.7 Å². The number of nitrogens with one attached hydrogen (secondary N) is 1. The Morgan fingerprint density at radius 2 is 2.06 bits per heavy atom. The molecule has 0 radical (unpaired) electrons. The van der Waals surface area contributed by atoms with Crippen molar-refractivity contribution in [2.75, 3.05) is 5.32 Å². The topological polar surface area (TPSA) is 45.1 Å². The van der Waals surface area contributed by atoms with Gasteiger partial charge in [0.25, 0.3) is 0 Å². The van der Waals surface area contributed by atoms with Crippen LogP contribution in [-0.4, -0.2) is 21.6 Å². The number of fused-ring (bicyclic) bond motifs is 1. The minimum atomic E-state index is -0.218. The fourth-order valence-corrected chi connectivity index (χ4v) is 3.27. The van der Waals surface area contributed by atoms with Crippen LogP contribution in [0, 0.1) is 0 Å². The molecule has 2 atom stereocenters. The molecule has 1 aliphatic rings. The van der Waals surface area contributed by atoms with Gasteiger partial charge in [0.15, 0.2) is 0 Å². The molecule has 1 aromatic heterocycles. The summed E-state index contributed by atoms with van der Waals surface area (Å²) in [6.45, 7) is 0. The van der Waals surface area contributed by atoms with Crippen LogP contribution in [0.15, 0.2) is 24.3 Å². The average molecular weight is 248 g/mol. The number of hydrogen-bond acceptors (Lipinski definition) is 4. The van der Waals surface area contributed by atoms with E-state index in [1.54, 1.807) is 0 Å². The molecule has 17 heavy (non-hydrogen) atoms. The second kappa shape index (κ2) is 4.63. The van der Waals surface area contributed by atoms with E-state index in [0.717, 1.165) is 35.2 Å². The first-order chi connectivity index (χ1) is 8.34. The Balaban J connectivity index is 1.84. The van der Waals surface area contributed by atoms with Crippen LogP contribution in [0.4, 0.5) is 5.00 Å². The molecule has 2 aromatic rings. The molecule has 90 valence electrons. The molecule has 0 spiro atoms. The molecule has 3 nitrogen and oxygen atoms in total. The summed E-state index contributed by atoms with van der Waals surface area (Å²) in [6, 6.07) is 8.32. The molecule has 1 fully saturated rings. The number of aromatic nitrogens is 1. The lowest BCUT2D eigenvalue weighted by Gasteiger charge is -2.28. The highest BCUT2D eigenvalue weighted by Crippen LogP contribution is 2.30. The average Bonchev–Trinajstić information content (AvgIpc) is 2.76. The summed E-state index contributed by atoms with van der Waals surface area (Å²) < 4.78 is 4.41. The molecule has 0 saturated heterocycles. The van der Waals surface area contributed by atoms with Crippen molar-refractivity contribution in [1.82, 2.24) is 4.37 Å². The van der Waals surface area contributed by atoms with Crippen LogP contribution in [-0.2, 0) is 0 Å². The van der Waals surface area contributed by atoms with Crippen molar-refractivity contribution in [2.24, 2.45) is 0 Å². The van der Waals surface area contributed by atoms with E-state index in [4.69, 9.17) is 0 Å². The zero-order chi connectivity index (χ0) is 11.7. The Hall–Kier alpha value is -1.13. The molecule has 2 N–H and O–H groups in total. The second-order valence-corrected chi connectivity index (χ2v) is 5.40. The molecule has 3 rings (SSSR count). The van der Waals surface area contributed by atoms with E-state index in [-0.39, 0.29) is 12.1 Å². The number of hydrogen-bond donors (Lipinski definition) is 2. The van der Waals surface area contributed by atoms with E-state index in [2.05, 4.69) is 15.8 Å². The van der Waals surface area contributed by atoms with Crippen molar-refractivity contribution >= 4 is 27.4 Å². The summed E-state index contributed by atoms with van der Waals surface area (Å²) >= 11 is 1.49. The lowest BCUT2D eigenvalue weighted by molar-refractivity contribution is 0.116. The molecule has 1 saturated carbocycles. The smallest absolute Gasteiger partial charge is 0.117 e. The Morgan fingerprint density at radius 3 is 2.94 bits per heavy atom. The fraction of sp³-hybridized carbons (Fsp3) is 0.462. The van der Waals surface area contributed by atoms with E-state index in [1.807, 2.05) is 18.2 Å². The Bertz CT molecular complexity index is 511. The van der Waals surface area contributed by atoms with Crippen molar-refractivity contribution in [3.63, 3.8) is 0 Å². The molecular formula is C13H16N2OS. The van der Waals surface area contributed by atoms with Gasteiger partial charge in [-0.3, -0.25) is 0 Å². The highest BCUT2D eigenvalue weighted by atomic mass is 32.1. The molecule has 1 aromatic carbocycles. The van der Waals surface area contributed by atoms with Crippen molar-refractivity contribution in [3.8, 4) is 0 Å². The van der Waals surface area contributed by atoms with Crippen LogP contribution >= 0.6 is 11.5 Å². The monoisotopic (exact) mass is 248 g/mol. The Labute approximate surface area is 105 Å². The third-order valence-electron chi connectivity index (χ3n) is 3.43. The number of nitrogens with zero attached hydrogens (tertiary/aromatic N) is 1. The van der Waals surface area contributed by atoms with Crippen LogP contribution in [0.25, 0.3) is 10.9 Å². The number of aliphatic hydroxyl groups excluding tert-OH is 1. The minimum absolute atomic E-state index is 0.188. The van der Waals surface area contributed by atoms with E-state index < -0.39 is 0 Å². The van der Waals surface area contributed by atoms with E-state index in [0.29, 0.717) is 0 Å². The summed E-state index contributed by atoms with van der Waals surface area (Å²) in [5.41, 5.74) is 1.03. The van der Waals surface area contributed by atoms with Crippen molar-refractivity contribution < 1.29 is 5.11 Å². The van der Waals surface area contributed by atoms with Crippen LogP contribution in [0.3, 0.4) is 0 Å². The zero-order valence-corrected chi connectivity index (χ0v) is 10.4. The lowest BCUT2D eigenvalue weighted by atomic mass is 9.93. The van der Waals surface area contributed by atoms with Crippen molar-refractivity contribution in [1.29, 1.82) is 0 Å². The first-order valence-electron chi connectivity index (χ1n) is 6.13. The molecule has 0 aliphatic heterocycles. The highest BCUT2D eigenvalue weighted by Gasteiger charge is 2.23. The van der Waals surface area contributed by atoms with Gasteiger partial charge in [-0.05, 0) is 36.5 Å². The number of benzene rings is 1. The molecule has 4 heteroatoms.